The maximum Gasteiger partial charge on any atom is 0.167 e. The molecule has 2 heterocycles. The van der Waals surface area contributed by atoms with E-state index in [4.69, 9.17) is 9.26 Å². The molecule has 2 aromatic carbocycles. The van der Waals surface area contributed by atoms with Gasteiger partial charge < -0.3 is 9.26 Å². The molecule has 0 spiro atoms. The molecule has 5 nitrogen and oxygen atoms in total. The average Bonchev–Trinajstić information content (AvgIpc) is 3.01. The van der Waals surface area contributed by atoms with E-state index in [0.717, 1.165) is 36.3 Å². The number of aromatic nitrogens is 1. The predicted molar refractivity (Wildman–Crippen MR) is 125 cm³/mol. The third-order valence-electron chi connectivity index (χ3n) is 5.34. The summed E-state index contributed by atoms with van der Waals surface area (Å²) < 4.78 is 11.5. The molecule has 0 saturated carbocycles. The number of ether oxygens (including phenoxy) is 1. The second kappa shape index (κ2) is 11.0. The first-order chi connectivity index (χ1) is 14.3. The minimum Gasteiger partial charge on any atom is -0.492 e. The van der Waals surface area contributed by atoms with Crippen LogP contribution in [0.15, 0.2) is 53.1 Å². The Morgan fingerprint density at radius 3 is 2.60 bits per heavy atom. The summed E-state index contributed by atoms with van der Waals surface area (Å²) in [6.45, 7) is 3.88. The van der Waals surface area contributed by atoms with Gasteiger partial charge in [-0.25, -0.2) is 0 Å². The van der Waals surface area contributed by atoms with Crippen molar-refractivity contribution in [1.82, 2.24) is 10.1 Å². The summed E-state index contributed by atoms with van der Waals surface area (Å²) in [6.07, 6.45) is 7.04. The van der Waals surface area contributed by atoms with E-state index < -0.39 is 0 Å². The van der Waals surface area contributed by atoms with E-state index in [9.17, 15) is 5.26 Å². The van der Waals surface area contributed by atoms with Crippen molar-refractivity contribution in [1.29, 1.82) is 5.26 Å². The van der Waals surface area contributed by atoms with Gasteiger partial charge in [0, 0.05) is 12.1 Å². The van der Waals surface area contributed by atoms with Gasteiger partial charge in [-0.2, -0.15) is 5.26 Å². The normalized spacial score (nSPS) is 15.2. The number of fused-ring (bicyclic) bond motifs is 1. The Hall–Kier alpha value is -2.62. The number of halogens is 1. The molecular formula is C24H26BrN3O2. The predicted octanol–water partition coefficient (Wildman–Crippen LogP) is 5.72. The van der Waals surface area contributed by atoms with Gasteiger partial charge in [0.05, 0.1) is 11.0 Å². The number of para-hydroxylation sites is 2. The minimum atomic E-state index is 0. The van der Waals surface area contributed by atoms with Crippen LogP contribution < -0.4 is 4.74 Å². The van der Waals surface area contributed by atoms with Crippen molar-refractivity contribution in [2.75, 3.05) is 26.2 Å². The molecule has 0 bridgehead atoms. The summed E-state index contributed by atoms with van der Waals surface area (Å²) in [5.41, 5.74) is 2.55. The zero-order valence-corrected chi connectivity index (χ0v) is 18.6. The molecule has 6 heteroatoms. The Morgan fingerprint density at radius 2 is 1.80 bits per heavy atom. The van der Waals surface area contributed by atoms with Crippen molar-refractivity contribution in [3.63, 3.8) is 0 Å². The molecule has 4 rings (SSSR count). The summed E-state index contributed by atoms with van der Waals surface area (Å²) in [4.78, 5) is 2.48. The Kier molecular flexibility index (Phi) is 8.06. The van der Waals surface area contributed by atoms with Gasteiger partial charge in [0.15, 0.2) is 5.58 Å². The lowest BCUT2D eigenvalue weighted by Gasteiger charge is -2.20. The molecule has 1 saturated heterocycles. The van der Waals surface area contributed by atoms with E-state index in [1.807, 2.05) is 54.6 Å². The number of nitriles is 1. The Balaban J connectivity index is 0.00000256. The van der Waals surface area contributed by atoms with Crippen LogP contribution in [-0.2, 0) is 0 Å². The number of hydrogen-bond acceptors (Lipinski definition) is 5. The molecule has 1 fully saturated rings. The van der Waals surface area contributed by atoms with Crippen molar-refractivity contribution in [2.24, 2.45) is 0 Å². The summed E-state index contributed by atoms with van der Waals surface area (Å²) in [5.74, 6) is 0.780. The standard InChI is InChI=1S/C24H25N3O2.BrH/c25-18-20(24-21-10-4-6-12-23(21)29-26-24)17-19-9-3-5-11-22(19)28-16-15-27-13-7-1-2-8-14-27;/h3-6,9-12,17H,1-2,7-8,13-16H2;1H/b20-17+;. The van der Waals surface area contributed by atoms with Crippen LogP contribution in [0.25, 0.3) is 22.6 Å². The summed E-state index contributed by atoms with van der Waals surface area (Å²) >= 11 is 0. The molecule has 30 heavy (non-hydrogen) atoms. The SMILES string of the molecule is Br.N#C/C(=C\c1ccccc1OCCN1CCCCCC1)c1noc2ccccc12. The zero-order chi connectivity index (χ0) is 19.9. The number of benzene rings is 2. The van der Waals surface area contributed by atoms with E-state index in [0.29, 0.717) is 23.5 Å². The molecule has 156 valence electrons. The van der Waals surface area contributed by atoms with Crippen LogP contribution in [0, 0.1) is 11.3 Å². The fourth-order valence-electron chi connectivity index (χ4n) is 3.76. The van der Waals surface area contributed by atoms with Crippen LogP contribution in [0.5, 0.6) is 5.75 Å². The number of rotatable bonds is 6. The molecular weight excluding hydrogens is 442 g/mol. The van der Waals surface area contributed by atoms with Gasteiger partial charge in [0.2, 0.25) is 0 Å². The third kappa shape index (κ3) is 5.29. The minimum absolute atomic E-state index is 0. The smallest absolute Gasteiger partial charge is 0.167 e. The second-order valence-electron chi connectivity index (χ2n) is 7.34. The first kappa shape index (κ1) is 22.1. The highest BCUT2D eigenvalue weighted by Crippen LogP contribution is 2.28. The number of likely N-dealkylation sites (tertiary alicyclic amines) is 1. The Morgan fingerprint density at radius 1 is 1.07 bits per heavy atom. The molecule has 0 atom stereocenters. The van der Waals surface area contributed by atoms with Gasteiger partial charge in [0.25, 0.3) is 0 Å². The molecule has 1 aliphatic rings. The molecule has 0 unspecified atom stereocenters. The van der Waals surface area contributed by atoms with Crippen LogP contribution in [0.2, 0.25) is 0 Å². The maximum absolute atomic E-state index is 9.73. The van der Waals surface area contributed by atoms with Gasteiger partial charge in [-0.1, -0.05) is 48.3 Å². The maximum atomic E-state index is 9.73. The second-order valence-corrected chi connectivity index (χ2v) is 7.34. The zero-order valence-electron chi connectivity index (χ0n) is 16.9. The first-order valence-corrected chi connectivity index (χ1v) is 10.3. The van der Waals surface area contributed by atoms with Crippen molar-refractivity contribution >= 4 is 39.6 Å². The largest absolute Gasteiger partial charge is 0.492 e. The molecule has 1 aromatic heterocycles. The Bertz CT molecular complexity index is 1030. The van der Waals surface area contributed by atoms with Crippen LogP contribution in [0.4, 0.5) is 0 Å². The van der Waals surface area contributed by atoms with Gasteiger partial charge >= 0.3 is 0 Å². The fourth-order valence-corrected chi connectivity index (χ4v) is 3.76. The molecule has 0 radical (unpaired) electrons. The van der Waals surface area contributed by atoms with E-state index >= 15 is 0 Å². The lowest BCUT2D eigenvalue weighted by atomic mass is 10.1. The van der Waals surface area contributed by atoms with Gasteiger partial charge in [-0.3, -0.25) is 4.90 Å². The first-order valence-electron chi connectivity index (χ1n) is 10.3. The summed E-state index contributed by atoms with van der Waals surface area (Å²) in [5, 5.41) is 14.7. The van der Waals surface area contributed by atoms with Gasteiger partial charge in [0.1, 0.15) is 24.1 Å². The van der Waals surface area contributed by atoms with Crippen LogP contribution in [-0.4, -0.2) is 36.3 Å². The number of nitrogens with zero attached hydrogens (tertiary/aromatic N) is 3. The lowest BCUT2D eigenvalue weighted by molar-refractivity contribution is 0.214. The Labute approximate surface area is 187 Å². The van der Waals surface area contributed by atoms with Crippen molar-refractivity contribution in [3.8, 4) is 11.8 Å². The van der Waals surface area contributed by atoms with Gasteiger partial charge in [-0.05, 0) is 50.2 Å². The molecule has 0 aliphatic carbocycles. The third-order valence-corrected chi connectivity index (χ3v) is 5.34. The topological polar surface area (TPSA) is 62.3 Å². The van der Waals surface area contributed by atoms with E-state index in [1.165, 1.54) is 25.7 Å². The van der Waals surface area contributed by atoms with E-state index in [2.05, 4.69) is 16.1 Å². The highest BCUT2D eigenvalue weighted by molar-refractivity contribution is 8.93. The van der Waals surface area contributed by atoms with Gasteiger partial charge in [-0.15, -0.1) is 17.0 Å². The van der Waals surface area contributed by atoms with Crippen molar-refractivity contribution in [2.45, 2.75) is 25.7 Å². The molecule has 3 aromatic rings. The fraction of sp³-hybridized carbons (Fsp3) is 0.333. The lowest BCUT2D eigenvalue weighted by Crippen LogP contribution is -2.29. The highest BCUT2D eigenvalue weighted by Gasteiger charge is 2.14. The summed E-state index contributed by atoms with van der Waals surface area (Å²) in [7, 11) is 0. The molecule has 1 aliphatic heterocycles. The number of hydrogen-bond donors (Lipinski definition) is 0. The molecule has 0 N–H and O–H groups in total. The highest BCUT2D eigenvalue weighted by atomic mass is 79.9. The van der Waals surface area contributed by atoms with E-state index in [1.54, 1.807) is 0 Å². The van der Waals surface area contributed by atoms with Crippen LogP contribution >= 0.6 is 17.0 Å². The summed E-state index contributed by atoms with van der Waals surface area (Å²) in [6, 6.07) is 17.6. The van der Waals surface area contributed by atoms with Crippen LogP contribution in [0.3, 0.4) is 0 Å². The van der Waals surface area contributed by atoms with Crippen molar-refractivity contribution < 1.29 is 9.26 Å². The van der Waals surface area contributed by atoms with E-state index in [-0.39, 0.29) is 17.0 Å². The molecule has 0 amide bonds. The van der Waals surface area contributed by atoms with Crippen molar-refractivity contribution in [3.05, 3.63) is 59.8 Å². The van der Waals surface area contributed by atoms with Crippen LogP contribution in [0.1, 0.15) is 36.9 Å². The quantitative estimate of drug-likeness (QED) is 0.433. The average molecular weight is 468 g/mol. The monoisotopic (exact) mass is 467 g/mol. The number of allylic oxidation sites excluding steroid dienone is 1.